The molecule has 1 N–H and O–H groups in total. The van der Waals surface area contributed by atoms with E-state index in [0.717, 1.165) is 0 Å². The van der Waals surface area contributed by atoms with Crippen molar-refractivity contribution in [1.29, 1.82) is 0 Å². The summed E-state index contributed by atoms with van der Waals surface area (Å²) in [6.07, 6.45) is 0.422. The third-order valence-electron chi connectivity index (χ3n) is 2.34. The zero-order valence-corrected chi connectivity index (χ0v) is 10.6. The lowest BCUT2D eigenvalue weighted by atomic mass is 10.2. The molecule has 2 rings (SSSR count). The Hall–Kier alpha value is -1.88. The summed E-state index contributed by atoms with van der Waals surface area (Å²) < 4.78 is 5.03. The summed E-state index contributed by atoms with van der Waals surface area (Å²) in [7, 11) is 0. The van der Waals surface area contributed by atoms with Gasteiger partial charge in [-0.25, -0.2) is 0 Å². The first-order valence-corrected chi connectivity index (χ1v) is 5.92. The van der Waals surface area contributed by atoms with Crippen molar-refractivity contribution in [3.63, 3.8) is 0 Å². The monoisotopic (exact) mass is 265 g/mol. The highest BCUT2D eigenvalue weighted by Crippen LogP contribution is 2.24. The van der Waals surface area contributed by atoms with Crippen LogP contribution in [0.15, 0.2) is 28.8 Å². The van der Waals surface area contributed by atoms with Gasteiger partial charge in [-0.1, -0.05) is 35.8 Å². The smallest absolute Gasteiger partial charge is 0.246 e. The maximum atomic E-state index is 11.1. The van der Waals surface area contributed by atoms with E-state index in [1.807, 2.05) is 18.2 Å². The SMILES string of the molecule is CCC(=O)NCc1nc(-c2ccccc2Cl)no1. The average Bonchev–Trinajstić information content (AvgIpc) is 2.85. The minimum Gasteiger partial charge on any atom is -0.347 e. The Balaban J connectivity index is 2.11. The number of amides is 1. The van der Waals surface area contributed by atoms with Crippen molar-refractivity contribution < 1.29 is 9.32 Å². The van der Waals surface area contributed by atoms with Crippen LogP contribution in [0.25, 0.3) is 11.4 Å². The molecule has 0 unspecified atom stereocenters. The van der Waals surface area contributed by atoms with E-state index in [0.29, 0.717) is 28.7 Å². The molecule has 0 aliphatic heterocycles. The third kappa shape index (κ3) is 2.87. The first-order valence-electron chi connectivity index (χ1n) is 5.55. The van der Waals surface area contributed by atoms with Gasteiger partial charge in [0.25, 0.3) is 0 Å². The van der Waals surface area contributed by atoms with E-state index < -0.39 is 0 Å². The number of carbonyl (C=O) groups is 1. The van der Waals surface area contributed by atoms with Crippen molar-refractivity contribution in [2.75, 3.05) is 0 Å². The van der Waals surface area contributed by atoms with E-state index in [4.69, 9.17) is 16.1 Å². The molecule has 2 aromatic rings. The zero-order valence-electron chi connectivity index (χ0n) is 9.81. The molecule has 0 radical (unpaired) electrons. The summed E-state index contributed by atoms with van der Waals surface area (Å²) >= 11 is 6.03. The molecular weight excluding hydrogens is 254 g/mol. The van der Waals surface area contributed by atoms with E-state index in [1.54, 1.807) is 13.0 Å². The number of hydrogen-bond acceptors (Lipinski definition) is 4. The van der Waals surface area contributed by atoms with Gasteiger partial charge in [0.05, 0.1) is 11.6 Å². The van der Waals surface area contributed by atoms with Gasteiger partial charge in [-0.2, -0.15) is 4.98 Å². The van der Waals surface area contributed by atoms with Crippen molar-refractivity contribution in [2.24, 2.45) is 0 Å². The number of nitrogens with zero attached hydrogens (tertiary/aromatic N) is 2. The van der Waals surface area contributed by atoms with E-state index in [-0.39, 0.29) is 12.5 Å². The Morgan fingerprint density at radius 3 is 2.94 bits per heavy atom. The van der Waals surface area contributed by atoms with Crippen LogP contribution in [0, 0.1) is 0 Å². The molecular formula is C12H12ClN3O2. The molecule has 1 aromatic heterocycles. The Labute approximate surface area is 109 Å². The Morgan fingerprint density at radius 1 is 1.44 bits per heavy atom. The first-order chi connectivity index (χ1) is 8.70. The third-order valence-corrected chi connectivity index (χ3v) is 2.67. The van der Waals surface area contributed by atoms with Crippen molar-refractivity contribution in [3.8, 4) is 11.4 Å². The number of aromatic nitrogens is 2. The lowest BCUT2D eigenvalue weighted by molar-refractivity contribution is -0.121. The van der Waals surface area contributed by atoms with Gasteiger partial charge in [0, 0.05) is 12.0 Å². The van der Waals surface area contributed by atoms with Crippen LogP contribution in [0.1, 0.15) is 19.2 Å². The maximum Gasteiger partial charge on any atom is 0.246 e. The van der Waals surface area contributed by atoms with E-state index >= 15 is 0 Å². The second kappa shape index (κ2) is 5.64. The van der Waals surface area contributed by atoms with Gasteiger partial charge >= 0.3 is 0 Å². The van der Waals surface area contributed by atoms with Crippen LogP contribution >= 0.6 is 11.6 Å². The van der Waals surface area contributed by atoms with Crippen LogP contribution in [0.5, 0.6) is 0 Å². The highest BCUT2D eigenvalue weighted by Gasteiger charge is 2.11. The second-order valence-electron chi connectivity index (χ2n) is 3.62. The van der Waals surface area contributed by atoms with Gasteiger partial charge in [0.2, 0.25) is 17.6 Å². The summed E-state index contributed by atoms with van der Waals surface area (Å²) in [5.41, 5.74) is 0.705. The van der Waals surface area contributed by atoms with Gasteiger partial charge in [0.15, 0.2) is 0 Å². The number of nitrogens with one attached hydrogen (secondary N) is 1. The van der Waals surface area contributed by atoms with Gasteiger partial charge in [-0.15, -0.1) is 0 Å². The number of halogens is 1. The molecule has 5 nitrogen and oxygen atoms in total. The van der Waals surface area contributed by atoms with Crippen LogP contribution in [0.2, 0.25) is 5.02 Å². The molecule has 0 fully saturated rings. The summed E-state index contributed by atoms with van der Waals surface area (Å²) in [4.78, 5) is 15.3. The Bertz CT molecular complexity index is 554. The molecule has 1 heterocycles. The van der Waals surface area contributed by atoms with Crippen LogP contribution in [-0.4, -0.2) is 16.0 Å². The highest BCUT2D eigenvalue weighted by molar-refractivity contribution is 6.33. The number of benzene rings is 1. The topological polar surface area (TPSA) is 68.0 Å². The molecule has 1 amide bonds. The fourth-order valence-electron chi connectivity index (χ4n) is 1.38. The molecule has 94 valence electrons. The molecule has 1 aromatic carbocycles. The van der Waals surface area contributed by atoms with Crippen LogP contribution in [0.4, 0.5) is 0 Å². The van der Waals surface area contributed by atoms with Crippen LogP contribution in [0.3, 0.4) is 0 Å². The quantitative estimate of drug-likeness (QED) is 0.922. The predicted octanol–water partition coefficient (Wildman–Crippen LogP) is 2.42. The Kier molecular flexibility index (Phi) is 3.94. The molecule has 0 saturated carbocycles. The van der Waals surface area contributed by atoms with Crippen LogP contribution in [-0.2, 0) is 11.3 Å². The molecule has 18 heavy (non-hydrogen) atoms. The molecule has 0 atom stereocenters. The van der Waals surface area contributed by atoms with Crippen molar-refractivity contribution in [1.82, 2.24) is 15.5 Å². The van der Waals surface area contributed by atoms with Gasteiger partial charge < -0.3 is 9.84 Å². The van der Waals surface area contributed by atoms with Crippen molar-refractivity contribution in [3.05, 3.63) is 35.2 Å². The van der Waals surface area contributed by atoms with E-state index in [9.17, 15) is 4.79 Å². The number of rotatable bonds is 4. The van der Waals surface area contributed by atoms with Gasteiger partial charge in [-0.05, 0) is 12.1 Å². The molecule has 6 heteroatoms. The molecule has 0 spiro atoms. The average molecular weight is 266 g/mol. The van der Waals surface area contributed by atoms with Crippen molar-refractivity contribution in [2.45, 2.75) is 19.9 Å². The van der Waals surface area contributed by atoms with E-state index in [2.05, 4.69) is 15.5 Å². The summed E-state index contributed by atoms with van der Waals surface area (Å²) in [6.45, 7) is 2.00. The second-order valence-corrected chi connectivity index (χ2v) is 4.03. The molecule has 0 aliphatic rings. The predicted molar refractivity (Wildman–Crippen MR) is 66.9 cm³/mol. The maximum absolute atomic E-state index is 11.1. The fourth-order valence-corrected chi connectivity index (χ4v) is 1.60. The molecule has 0 bridgehead atoms. The van der Waals surface area contributed by atoms with Gasteiger partial charge in [0.1, 0.15) is 0 Å². The summed E-state index contributed by atoms with van der Waals surface area (Å²) in [6, 6.07) is 7.23. The van der Waals surface area contributed by atoms with Crippen molar-refractivity contribution >= 4 is 17.5 Å². The normalized spacial score (nSPS) is 10.3. The summed E-state index contributed by atoms with van der Waals surface area (Å²) in [5, 5.41) is 7.05. The number of carbonyl (C=O) groups excluding carboxylic acids is 1. The largest absolute Gasteiger partial charge is 0.347 e. The lowest BCUT2D eigenvalue weighted by Crippen LogP contribution is -2.21. The van der Waals surface area contributed by atoms with Crippen LogP contribution < -0.4 is 5.32 Å². The zero-order chi connectivity index (χ0) is 13.0. The minimum atomic E-state index is -0.0625. The van der Waals surface area contributed by atoms with E-state index in [1.165, 1.54) is 0 Å². The molecule has 0 aliphatic carbocycles. The minimum absolute atomic E-state index is 0.0625. The molecule has 0 saturated heterocycles. The summed E-state index contributed by atoms with van der Waals surface area (Å²) in [5.74, 6) is 0.709. The Morgan fingerprint density at radius 2 is 2.22 bits per heavy atom. The first kappa shape index (κ1) is 12.6. The highest BCUT2D eigenvalue weighted by atomic mass is 35.5. The fraction of sp³-hybridized carbons (Fsp3) is 0.250. The number of hydrogen-bond donors (Lipinski definition) is 1. The standard InChI is InChI=1S/C12H12ClN3O2/c1-2-10(17)14-7-11-15-12(16-18-11)8-5-3-4-6-9(8)13/h3-6H,2,7H2,1H3,(H,14,17). The van der Waals surface area contributed by atoms with Gasteiger partial charge in [-0.3, -0.25) is 4.79 Å². The lowest BCUT2D eigenvalue weighted by Gasteiger charge is -1.97.